The van der Waals surface area contributed by atoms with E-state index in [4.69, 9.17) is 16.3 Å². The van der Waals surface area contributed by atoms with Crippen LogP contribution >= 0.6 is 11.6 Å². The number of benzene rings is 3. The molecule has 2 amide bonds. The molecule has 1 aliphatic rings. The number of aryl methyl sites for hydroxylation is 1. The van der Waals surface area contributed by atoms with E-state index < -0.39 is 6.04 Å². The number of rotatable bonds is 10. The minimum absolute atomic E-state index is 0.113. The van der Waals surface area contributed by atoms with E-state index in [0.717, 1.165) is 42.4 Å². The zero-order valence-corrected chi connectivity index (χ0v) is 21.4. The van der Waals surface area contributed by atoms with Crippen LogP contribution in [0.3, 0.4) is 0 Å². The highest BCUT2D eigenvalue weighted by Gasteiger charge is 2.32. The first-order valence-electron chi connectivity index (χ1n) is 12.6. The topological polar surface area (TPSA) is 58.6 Å². The zero-order valence-electron chi connectivity index (χ0n) is 20.7. The molecule has 1 atom stereocenters. The molecule has 0 radical (unpaired) electrons. The molecular weight excluding hydrogens is 472 g/mol. The fraction of sp³-hybridized carbons (Fsp3) is 0.333. The van der Waals surface area contributed by atoms with E-state index in [9.17, 15) is 9.59 Å². The third kappa shape index (κ3) is 7.34. The third-order valence-corrected chi connectivity index (χ3v) is 6.87. The molecule has 3 aromatic rings. The lowest BCUT2D eigenvalue weighted by Crippen LogP contribution is -2.53. The number of nitrogens with zero attached hydrogens (tertiary/aromatic N) is 1. The van der Waals surface area contributed by atoms with Gasteiger partial charge in [-0.3, -0.25) is 9.59 Å². The predicted octanol–water partition coefficient (Wildman–Crippen LogP) is 5.73. The van der Waals surface area contributed by atoms with Crippen molar-refractivity contribution in [2.24, 2.45) is 0 Å². The van der Waals surface area contributed by atoms with Crippen LogP contribution in [-0.2, 0) is 22.6 Å². The van der Waals surface area contributed by atoms with Crippen LogP contribution in [-0.4, -0.2) is 35.4 Å². The second-order valence-corrected chi connectivity index (χ2v) is 9.88. The number of hydrogen-bond donors (Lipinski definition) is 1. The number of hydrogen-bond acceptors (Lipinski definition) is 3. The van der Waals surface area contributed by atoms with Crippen molar-refractivity contribution >= 4 is 23.4 Å². The summed E-state index contributed by atoms with van der Waals surface area (Å²) in [5.74, 6) is 0.198. The molecule has 36 heavy (non-hydrogen) atoms. The van der Waals surface area contributed by atoms with E-state index in [-0.39, 0.29) is 24.5 Å². The minimum atomic E-state index is -0.657. The Bertz CT molecular complexity index is 1130. The highest BCUT2D eigenvalue weighted by atomic mass is 35.5. The van der Waals surface area contributed by atoms with Crippen molar-refractivity contribution in [3.63, 3.8) is 0 Å². The van der Waals surface area contributed by atoms with E-state index in [1.54, 1.807) is 29.2 Å². The Morgan fingerprint density at radius 2 is 1.61 bits per heavy atom. The molecule has 6 heteroatoms. The number of amides is 2. The van der Waals surface area contributed by atoms with Gasteiger partial charge >= 0.3 is 0 Å². The van der Waals surface area contributed by atoms with Crippen LogP contribution in [0.15, 0.2) is 78.9 Å². The first-order chi connectivity index (χ1) is 17.5. The van der Waals surface area contributed by atoms with Gasteiger partial charge in [0.2, 0.25) is 5.91 Å². The Labute approximate surface area is 218 Å². The van der Waals surface area contributed by atoms with Crippen molar-refractivity contribution in [3.05, 3.63) is 101 Å². The number of halogens is 1. The molecule has 0 heterocycles. The normalized spacial score (nSPS) is 14.3. The van der Waals surface area contributed by atoms with Crippen LogP contribution in [0.1, 0.15) is 42.4 Å². The Hall–Kier alpha value is -3.31. The van der Waals surface area contributed by atoms with Gasteiger partial charge in [0.1, 0.15) is 11.8 Å². The number of carbonyl (C=O) groups is 2. The van der Waals surface area contributed by atoms with Gasteiger partial charge in [-0.25, -0.2) is 0 Å². The van der Waals surface area contributed by atoms with E-state index in [2.05, 4.69) is 5.32 Å². The van der Waals surface area contributed by atoms with Gasteiger partial charge in [0, 0.05) is 24.0 Å². The zero-order chi connectivity index (χ0) is 25.3. The Morgan fingerprint density at radius 1 is 0.944 bits per heavy atom. The molecule has 4 rings (SSSR count). The van der Waals surface area contributed by atoms with Crippen molar-refractivity contribution in [2.75, 3.05) is 6.61 Å². The number of carbonyl (C=O) groups excluding carboxylic acids is 2. The van der Waals surface area contributed by atoms with Crippen LogP contribution in [0.2, 0.25) is 5.02 Å². The van der Waals surface area contributed by atoms with Gasteiger partial charge in [-0.1, -0.05) is 84.6 Å². The van der Waals surface area contributed by atoms with Gasteiger partial charge in [0.25, 0.3) is 5.91 Å². The standard InChI is InChI=1S/C30H33ClN2O3/c1-22-11-13-24(14-12-22)20-33(29(34)21-36-27-17-15-25(31)16-18-27)28(19-23-7-3-2-4-8-23)30(35)32-26-9-5-6-10-26/h2-4,7-8,11-18,26,28H,5-6,9-10,19-21H2,1H3,(H,32,35). The predicted molar refractivity (Wildman–Crippen MR) is 143 cm³/mol. The van der Waals surface area contributed by atoms with Gasteiger partial charge in [-0.2, -0.15) is 0 Å². The van der Waals surface area contributed by atoms with Gasteiger partial charge in [0.15, 0.2) is 6.61 Å². The van der Waals surface area contributed by atoms with Crippen LogP contribution in [0, 0.1) is 6.92 Å². The van der Waals surface area contributed by atoms with E-state index in [1.165, 1.54) is 0 Å². The Balaban J connectivity index is 1.59. The molecule has 1 unspecified atom stereocenters. The highest BCUT2D eigenvalue weighted by Crippen LogP contribution is 2.21. The summed E-state index contributed by atoms with van der Waals surface area (Å²) < 4.78 is 5.79. The van der Waals surface area contributed by atoms with E-state index in [0.29, 0.717) is 23.7 Å². The molecule has 0 bridgehead atoms. The first kappa shape index (κ1) is 25.8. The van der Waals surface area contributed by atoms with E-state index in [1.807, 2.05) is 61.5 Å². The summed E-state index contributed by atoms with van der Waals surface area (Å²) >= 11 is 5.97. The number of ether oxygens (including phenoxy) is 1. The molecule has 1 saturated carbocycles. The van der Waals surface area contributed by atoms with Crippen LogP contribution < -0.4 is 10.1 Å². The maximum atomic E-state index is 13.6. The average molecular weight is 505 g/mol. The lowest BCUT2D eigenvalue weighted by Gasteiger charge is -2.32. The molecule has 0 spiro atoms. The van der Waals surface area contributed by atoms with E-state index >= 15 is 0 Å². The van der Waals surface area contributed by atoms with Crippen LogP contribution in [0.4, 0.5) is 0 Å². The smallest absolute Gasteiger partial charge is 0.261 e. The fourth-order valence-electron chi connectivity index (χ4n) is 4.57. The van der Waals surface area contributed by atoms with Crippen molar-refractivity contribution in [2.45, 2.75) is 57.7 Å². The summed E-state index contributed by atoms with van der Waals surface area (Å²) in [5.41, 5.74) is 3.11. The quantitative estimate of drug-likeness (QED) is 0.384. The lowest BCUT2D eigenvalue weighted by molar-refractivity contribution is -0.143. The van der Waals surface area contributed by atoms with Gasteiger partial charge in [-0.15, -0.1) is 0 Å². The summed E-state index contributed by atoms with van der Waals surface area (Å²) in [4.78, 5) is 28.9. The van der Waals surface area contributed by atoms with Gasteiger partial charge in [-0.05, 0) is 55.2 Å². The summed E-state index contributed by atoms with van der Waals surface area (Å²) in [6.45, 7) is 2.17. The van der Waals surface area contributed by atoms with Gasteiger partial charge in [0.05, 0.1) is 0 Å². The molecular formula is C30H33ClN2O3. The molecule has 3 aromatic carbocycles. The van der Waals surface area contributed by atoms with Crippen LogP contribution in [0.25, 0.3) is 0 Å². The summed E-state index contributed by atoms with van der Waals surface area (Å²) in [6.07, 6.45) is 4.63. The minimum Gasteiger partial charge on any atom is -0.484 e. The Kier molecular flexibility index (Phi) is 9.01. The van der Waals surface area contributed by atoms with Crippen molar-refractivity contribution in [1.29, 1.82) is 0 Å². The van der Waals surface area contributed by atoms with Crippen LogP contribution in [0.5, 0.6) is 5.75 Å². The fourth-order valence-corrected chi connectivity index (χ4v) is 4.70. The SMILES string of the molecule is Cc1ccc(CN(C(=O)COc2ccc(Cl)cc2)C(Cc2ccccc2)C(=O)NC2CCCC2)cc1. The van der Waals surface area contributed by atoms with Crippen molar-refractivity contribution in [1.82, 2.24) is 10.2 Å². The summed E-state index contributed by atoms with van der Waals surface area (Å²) in [6, 6.07) is 24.3. The first-order valence-corrected chi connectivity index (χ1v) is 12.9. The van der Waals surface area contributed by atoms with Crippen molar-refractivity contribution in [3.8, 4) is 5.75 Å². The van der Waals surface area contributed by atoms with Crippen molar-refractivity contribution < 1.29 is 14.3 Å². The summed E-state index contributed by atoms with van der Waals surface area (Å²) in [5, 5.41) is 3.82. The average Bonchev–Trinajstić information content (AvgIpc) is 3.40. The highest BCUT2D eigenvalue weighted by molar-refractivity contribution is 6.30. The molecule has 0 aromatic heterocycles. The lowest BCUT2D eigenvalue weighted by atomic mass is 10.0. The molecule has 1 N–H and O–H groups in total. The molecule has 5 nitrogen and oxygen atoms in total. The Morgan fingerprint density at radius 3 is 2.28 bits per heavy atom. The number of nitrogens with one attached hydrogen (secondary N) is 1. The largest absolute Gasteiger partial charge is 0.484 e. The molecule has 1 fully saturated rings. The molecule has 1 aliphatic carbocycles. The molecule has 188 valence electrons. The molecule has 0 saturated heterocycles. The maximum Gasteiger partial charge on any atom is 0.261 e. The van der Waals surface area contributed by atoms with Gasteiger partial charge < -0.3 is 15.0 Å². The molecule has 0 aliphatic heterocycles. The monoisotopic (exact) mass is 504 g/mol. The maximum absolute atomic E-state index is 13.6. The second kappa shape index (κ2) is 12.6. The third-order valence-electron chi connectivity index (χ3n) is 6.62. The second-order valence-electron chi connectivity index (χ2n) is 9.45. The summed E-state index contributed by atoms with van der Waals surface area (Å²) in [7, 11) is 0.